The van der Waals surface area contributed by atoms with E-state index in [-0.39, 0.29) is 28.6 Å². The third-order valence-corrected chi connectivity index (χ3v) is 11.5. The van der Waals surface area contributed by atoms with E-state index in [0.29, 0.717) is 33.6 Å². The number of carboxylic acid groups (broad SMARTS) is 1. The van der Waals surface area contributed by atoms with Gasteiger partial charge in [0.25, 0.3) is 0 Å². The molecule has 0 aliphatic rings. The summed E-state index contributed by atoms with van der Waals surface area (Å²) in [6.45, 7) is 5.86. The molecule has 3 aromatic carbocycles. The van der Waals surface area contributed by atoms with Gasteiger partial charge in [-0.1, -0.05) is 17.7 Å². The lowest BCUT2D eigenvalue weighted by Crippen LogP contribution is -2.49. The Kier molecular flexibility index (Phi) is 19.1. The van der Waals surface area contributed by atoms with E-state index in [0.717, 1.165) is 16.9 Å². The van der Waals surface area contributed by atoms with Crippen LogP contribution in [0.25, 0.3) is 0 Å². The Balaban J connectivity index is 0.000000409. The second kappa shape index (κ2) is 21.8. The second-order valence-electron chi connectivity index (χ2n) is 11.1. The molecule has 0 aliphatic carbocycles. The SMILES string of the molecule is COC(=O)c1ccc(C)c(C)c1.COC(=O)c1ccc(OC)c(C)c1.COc1ccc(C(=O)O)cc1Br.O=S(=O)(N(c1ccc(Cl)cn1)S(=O)(=O)C(F)(F)F)C(F)(F)F. The Morgan fingerprint density at radius 3 is 1.46 bits per heavy atom. The van der Waals surface area contributed by atoms with Crippen molar-refractivity contribution in [3.63, 3.8) is 0 Å². The summed E-state index contributed by atoms with van der Waals surface area (Å²) >= 11 is 8.49. The molecule has 14 nitrogen and oxygen atoms in total. The zero-order valence-corrected chi connectivity index (χ0v) is 35.6. The van der Waals surface area contributed by atoms with Crippen molar-refractivity contribution in [3.05, 3.63) is 116 Å². The number of sulfonamides is 2. The van der Waals surface area contributed by atoms with Gasteiger partial charge in [0, 0.05) is 6.20 Å². The van der Waals surface area contributed by atoms with Crippen molar-refractivity contribution in [2.75, 3.05) is 32.1 Å². The van der Waals surface area contributed by atoms with Gasteiger partial charge in [-0.05, 0) is 114 Å². The van der Waals surface area contributed by atoms with Gasteiger partial charge >= 0.3 is 49.0 Å². The van der Waals surface area contributed by atoms with Gasteiger partial charge in [-0.3, -0.25) is 0 Å². The van der Waals surface area contributed by atoms with E-state index in [1.807, 2.05) is 32.9 Å². The lowest BCUT2D eigenvalue weighted by atomic mass is 10.1. The zero-order chi connectivity index (χ0) is 45.7. The molecule has 24 heteroatoms. The number of carboxylic acids is 1. The van der Waals surface area contributed by atoms with E-state index in [9.17, 15) is 57.6 Å². The number of halogens is 8. The molecule has 0 saturated carbocycles. The van der Waals surface area contributed by atoms with Crippen LogP contribution in [0.15, 0.2) is 77.4 Å². The average Bonchev–Trinajstić information content (AvgIpc) is 3.15. The summed E-state index contributed by atoms with van der Waals surface area (Å²) in [5.41, 5.74) is -8.02. The number of anilines is 1. The highest BCUT2D eigenvalue weighted by atomic mass is 79.9. The van der Waals surface area contributed by atoms with E-state index < -0.39 is 46.6 Å². The predicted octanol–water partition coefficient (Wildman–Crippen LogP) is 8.28. The van der Waals surface area contributed by atoms with Crippen LogP contribution in [0.1, 0.15) is 47.8 Å². The summed E-state index contributed by atoms with van der Waals surface area (Å²) in [6, 6.07) is 16.2. The standard InChI is InChI=1S/C10H12O3.C10H12O2.C8H7BrO3.C7H3ClF6N2O4S2/c1-7-6-8(10(11)13-3)4-5-9(7)12-2;1-7-4-5-9(6-8(7)2)10(11)12-3;1-12-7-3-2-5(8(10)11)4-6(7)9;8-4-1-2-5(15-3-4)16(21(17,18)6(9,10)11)22(19,20)7(12,13)14/h4-6H,1-3H3;4-6H,1-3H3;2-4H,1H3,(H,10,11);1-3H. The summed E-state index contributed by atoms with van der Waals surface area (Å²) in [5.74, 6) is -1.80. The minimum atomic E-state index is -6.93. The van der Waals surface area contributed by atoms with Crippen LogP contribution in [0, 0.1) is 20.8 Å². The molecular formula is C35H34BrClF6N2O12S2. The number of esters is 2. The van der Waals surface area contributed by atoms with E-state index in [4.69, 9.17) is 26.2 Å². The predicted molar refractivity (Wildman–Crippen MR) is 206 cm³/mol. The van der Waals surface area contributed by atoms with Crippen LogP contribution in [0.3, 0.4) is 0 Å². The summed E-state index contributed by atoms with van der Waals surface area (Å²) in [4.78, 5) is 35.5. The molecule has 59 heavy (non-hydrogen) atoms. The Morgan fingerprint density at radius 1 is 0.661 bits per heavy atom. The van der Waals surface area contributed by atoms with Crippen LogP contribution >= 0.6 is 27.5 Å². The number of aromatic carboxylic acids is 1. The Morgan fingerprint density at radius 2 is 1.10 bits per heavy atom. The van der Waals surface area contributed by atoms with Gasteiger partial charge in [-0.25, -0.2) is 19.4 Å². The molecule has 1 N–H and O–H groups in total. The Bertz CT molecular complexity index is 2290. The fourth-order valence-corrected chi connectivity index (χ4v) is 7.23. The number of ether oxygens (including phenoxy) is 4. The number of carbonyl (C=O) groups is 3. The molecule has 4 aromatic rings. The normalized spacial score (nSPS) is 11.2. The maximum atomic E-state index is 12.5. The molecule has 0 fully saturated rings. The highest BCUT2D eigenvalue weighted by molar-refractivity contribution is 9.10. The number of pyridine rings is 1. The first-order valence-corrected chi connectivity index (χ1v) is 19.7. The summed E-state index contributed by atoms with van der Waals surface area (Å²) < 4.78 is 137. The van der Waals surface area contributed by atoms with Crippen LogP contribution in [-0.4, -0.2) is 84.3 Å². The number of methoxy groups -OCH3 is 4. The smallest absolute Gasteiger partial charge is 0.496 e. The highest BCUT2D eigenvalue weighted by Gasteiger charge is 2.62. The van der Waals surface area contributed by atoms with Crippen molar-refractivity contribution in [3.8, 4) is 11.5 Å². The fourth-order valence-electron chi connectivity index (χ4n) is 3.95. The monoisotopic (exact) mass is 966 g/mol. The Labute approximate surface area is 347 Å². The highest BCUT2D eigenvalue weighted by Crippen LogP contribution is 2.38. The quantitative estimate of drug-likeness (QED) is 0.131. The van der Waals surface area contributed by atoms with Gasteiger partial charge in [0.05, 0.1) is 54.6 Å². The largest absolute Gasteiger partial charge is 0.517 e. The molecular weight excluding hydrogens is 934 g/mol. The fraction of sp³-hybridized carbons (Fsp3) is 0.257. The molecule has 0 atom stereocenters. The van der Waals surface area contributed by atoms with Crippen LogP contribution in [0.4, 0.5) is 32.2 Å². The van der Waals surface area contributed by atoms with Crippen molar-refractivity contribution in [1.29, 1.82) is 0 Å². The first kappa shape index (κ1) is 51.9. The van der Waals surface area contributed by atoms with Crippen molar-refractivity contribution < 1.29 is 81.6 Å². The molecule has 0 aliphatic heterocycles. The number of hydrogen-bond donors (Lipinski definition) is 1. The van der Waals surface area contributed by atoms with Crippen molar-refractivity contribution in [2.45, 2.75) is 31.8 Å². The van der Waals surface area contributed by atoms with E-state index >= 15 is 0 Å². The van der Waals surface area contributed by atoms with Crippen molar-refractivity contribution >= 4 is 71.3 Å². The van der Waals surface area contributed by atoms with Crippen molar-refractivity contribution in [2.24, 2.45) is 0 Å². The first-order valence-electron chi connectivity index (χ1n) is 15.6. The lowest BCUT2D eigenvalue weighted by Gasteiger charge is -2.24. The molecule has 1 heterocycles. The van der Waals surface area contributed by atoms with Crippen molar-refractivity contribution in [1.82, 2.24) is 4.98 Å². The van der Waals surface area contributed by atoms with E-state index in [1.54, 1.807) is 37.4 Å². The molecule has 4 rings (SSSR count). The molecule has 0 spiro atoms. The van der Waals surface area contributed by atoms with Crippen LogP contribution in [-0.2, 0) is 29.5 Å². The molecule has 0 amide bonds. The summed E-state index contributed by atoms with van der Waals surface area (Å²) in [7, 11) is -7.98. The number of nitrogens with zero attached hydrogens (tertiary/aromatic N) is 2. The van der Waals surface area contributed by atoms with Gasteiger partial charge in [0.15, 0.2) is 5.82 Å². The number of hydrogen-bond acceptors (Lipinski definition) is 12. The molecule has 0 unspecified atom stereocenters. The number of aromatic nitrogens is 1. The molecule has 1 aromatic heterocycles. The lowest BCUT2D eigenvalue weighted by molar-refractivity contribution is -0.0463. The zero-order valence-electron chi connectivity index (χ0n) is 31.6. The molecule has 0 saturated heterocycles. The molecule has 0 bridgehead atoms. The third kappa shape index (κ3) is 14.3. The van der Waals surface area contributed by atoms with E-state index in [2.05, 4.69) is 30.4 Å². The molecule has 324 valence electrons. The first-order chi connectivity index (χ1) is 27.1. The Hall–Kier alpha value is -5.13. The van der Waals surface area contributed by atoms with Crippen LogP contribution in [0.5, 0.6) is 11.5 Å². The number of rotatable bonds is 8. The van der Waals surface area contributed by atoms with Crippen LogP contribution in [0.2, 0.25) is 5.02 Å². The maximum Gasteiger partial charge on any atom is 0.517 e. The van der Waals surface area contributed by atoms with Gasteiger partial charge in [0.1, 0.15) is 11.5 Å². The molecule has 0 radical (unpaired) electrons. The summed E-state index contributed by atoms with van der Waals surface area (Å²) in [6.07, 6.45) is 0.474. The third-order valence-electron chi connectivity index (χ3n) is 7.06. The van der Waals surface area contributed by atoms with Gasteiger partial charge in [-0.2, -0.15) is 43.2 Å². The topological polar surface area (TPSA) is 193 Å². The average molecular weight is 968 g/mol. The number of benzene rings is 3. The number of alkyl halides is 6. The second-order valence-corrected chi connectivity index (χ2v) is 16.1. The van der Waals surface area contributed by atoms with Crippen LogP contribution < -0.4 is 13.2 Å². The van der Waals surface area contributed by atoms with Gasteiger partial charge in [0.2, 0.25) is 0 Å². The van der Waals surface area contributed by atoms with Gasteiger partial charge in [-0.15, -0.1) is 3.71 Å². The number of aryl methyl sites for hydroxylation is 3. The minimum Gasteiger partial charge on any atom is -0.496 e. The summed E-state index contributed by atoms with van der Waals surface area (Å²) in [5, 5.41) is 8.33. The minimum absolute atomic E-state index is 0.239. The maximum absolute atomic E-state index is 12.5. The van der Waals surface area contributed by atoms with E-state index in [1.165, 1.54) is 39.0 Å². The van der Waals surface area contributed by atoms with Gasteiger partial charge < -0.3 is 24.1 Å². The number of carbonyl (C=O) groups excluding carboxylic acids is 2.